The summed E-state index contributed by atoms with van der Waals surface area (Å²) in [6.45, 7) is 1.66. The number of nitrogens with one attached hydrogen (secondary N) is 1. The fourth-order valence-electron chi connectivity index (χ4n) is 3.66. The monoisotopic (exact) mass is 375 g/mol. The van der Waals surface area contributed by atoms with Crippen LogP contribution in [0.5, 0.6) is 0 Å². The minimum absolute atomic E-state index is 0. The minimum atomic E-state index is 0. The summed E-state index contributed by atoms with van der Waals surface area (Å²) < 4.78 is 0. The van der Waals surface area contributed by atoms with Gasteiger partial charge < -0.3 is 16.0 Å². The average Bonchev–Trinajstić information content (AvgIpc) is 3.16. The highest BCUT2D eigenvalue weighted by molar-refractivity contribution is 5.85. The molecule has 2 fully saturated rings. The molecule has 1 saturated heterocycles. The molecule has 2 aliphatic rings. The van der Waals surface area contributed by atoms with E-state index < -0.39 is 0 Å². The van der Waals surface area contributed by atoms with Crippen molar-refractivity contribution in [2.45, 2.75) is 50.6 Å². The zero-order valence-electron chi connectivity index (χ0n) is 13.8. The molecule has 1 aromatic rings. The van der Waals surface area contributed by atoms with Gasteiger partial charge in [-0.25, -0.2) is 0 Å². The van der Waals surface area contributed by atoms with E-state index in [4.69, 9.17) is 5.73 Å². The third kappa shape index (κ3) is 5.19. The number of hydrogen-bond acceptors (Lipinski definition) is 5. The van der Waals surface area contributed by atoms with Crippen LogP contribution in [0.4, 0.5) is 5.82 Å². The van der Waals surface area contributed by atoms with Gasteiger partial charge in [0.2, 0.25) is 5.91 Å². The fraction of sp³-hybridized carbons (Fsp3) is 0.688. The summed E-state index contributed by atoms with van der Waals surface area (Å²) in [4.78, 5) is 14.4. The molecule has 3 atom stereocenters. The molecule has 1 unspecified atom stereocenters. The van der Waals surface area contributed by atoms with E-state index in [1.807, 2.05) is 12.1 Å². The van der Waals surface area contributed by atoms with Gasteiger partial charge in [0.05, 0.1) is 0 Å². The van der Waals surface area contributed by atoms with Crippen LogP contribution in [0.1, 0.15) is 38.5 Å². The summed E-state index contributed by atoms with van der Waals surface area (Å²) in [6, 6.07) is 4.40. The number of amides is 1. The maximum Gasteiger partial charge on any atom is 0.220 e. The second-order valence-corrected chi connectivity index (χ2v) is 6.43. The number of halogens is 2. The van der Waals surface area contributed by atoms with Crippen LogP contribution in [0.15, 0.2) is 18.3 Å². The van der Waals surface area contributed by atoms with Gasteiger partial charge >= 0.3 is 0 Å². The van der Waals surface area contributed by atoms with Gasteiger partial charge in [-0.05, 0) is 43.7 Å². The molecule has 0 radical (unpaired) electrons. The van der Waals surface area contributed by atoms with Crippen LogP contribution in [0.25, 0.3) is 0 Å². The van der Waals surface area contributed by atoms with Crippen molar-refractivity contribution in [1.82, 2.24) is 15.5 Å². The average molecular weight is 376 g/mol. The Hall–Kier alpha value is -1.11. The summed E-state index contributed by atoms with van der Waals surface area (Å²) in [5.41, 5.74) is 6.04. The van der Waals surface area contributed by atoms with Gasteiger partial charge in [-0.2, -0.15) is 5.10 Å². The van der Waals surface area contributed by atoms with E-state index in [1.54, 1.807) is 6.20 Å². The first-order chi connectivity index (χ1) is 10.7. The Morgan fingerprint density at radius 3 is 2.79 bits per heavy atom. The summed E-state index contributed by atoms with van der Waals surface area (Å²) in [5, 5.41) is 11.2. The Morgan fingerprint density at radius 1 is 1.29 bits per heavy atom. The minimum Gasteiger partial charge on any atom is -0.354 e. The fourth-order valence-corrected chi connectivity index (χ4v) is 3.66. The topological polar surface area (TPSA) is 84.1 Å². The second-order valence-electron chi connectivity index (χ2n) is 6.43. The van der Waals surface area contributed by atoms with Crippen LogP contribution in [0.3, 0.4) is 0 Å². The molecular weight excluding hydrogens is 349 g/mol. The number of nitrogens with two attached hydrogens (primary N) is 1. The van der Waals surface area contributed by atoms with Gasteiger partial charge in [0, 0.05) is 37.8 Å². The lowest BCUT2D eigenvalue weighted by Gasteiger charge is -2.25. The SMILES string of the molecule is Cl.Cl.N[C@@H]1CCC[C@H]1CC(=O)NCC1CCCN1c1cccnn1. The zero-order chi connectivity index (χ0) is 15.4. The second kappa shape index (κ2) is 10.0. The van der Waals surface area contributed by atoms with Crippen molar-refractivity contribution in [1.29, 1.82) is 0 Å². The Kier molecular flexibility index (Phi) is 8.73. The number of rotatable bonds is 5. The number of hydrogen-bond donors (Lipinski definition) is 2. The van der Waals surface area contributed by atoms with E-state index in [9.17, 15) is 4.79 Å². The molecule has 1 aliphatic carbocycles. The molecule has 0 aromatic carbocycles. The summed E-state index contributed by atoms with van der Waals surface area (Å²) in [6.07, 6.45) is 7.76. The quantitative estimate of drug-likeness (QED) is 0.820. The van der Waals surface area contributed by atoms with Crippen LogP contribution >= 0.6 is 24.8 Å². The van der Waals surface area contributed by atoms with Crippen molar-refractivity contribution < 1.29 is 4.79 Å². The van der Waals surface area contributed by atoms with Crippen LogP contribution in [0.2, 0.25) is 0 Å². The Balaban J connectivity index is 0.00000144. The lowest BCUT2D eigenvalue weighted by atomic mass is 10.00. The maximum atomic E-state index is 12.1. The van der Waals surface area contributed by atoms with Crippen molar-refractivity contribution >= 4 is 36.5 Å². The molecule has 2 heterocycles. The number of aromatic nitrogens is 2. The van der Waals surface area contributed by atoms with Gasteiger partial charge in [-0.1, -0.05) is 6.42 Å². The maximum absolute atomic E-state index is 12.1. The van der Waals surface area contributed by atoms with E-state index in [0.29, 0.717) is 24.9 Å². The largest absolute Gasteiger partial charge is 0.354 e. The molecule has 1 saturated carbocycles. The third-order valence-electron chi connectivity index (χ3n) is 4.93. The van der Waals surface area contributed by atoms with E-state index >= 15 is 0 Å². The van der Waals surface area contributed by atoms with E-state index in [0.717, 1.165) is 44.5 Å². The van der Waals surface area contributed by atoms with Crippen molar-refractivity contribution in [2.75, 3.05) is 18.0 Å². The molecule has 8 heteroatoms. The molecule has 3 N–H and O–H groups in total. The predicted molar refractivity (Wildman–Crippen MR) is 99.8 cm³/mol. The van der Waals surface area contributed by atoms with E-state index in [1.165, 1.54) is 0 Å². The third-order valence-corrected chi connectivity index (χ3v) is 4.93. The van der Waals surface area contributed by atoms with Gasteiger partial charge in [0.25, 0.3) is 0 Å². The highest BCUT2D eigenvalue weighted by atomic mass is 35.5. The van der Waals surface area contributed by atoms with Crippen molar-refractivity contribution in [3.8, 4) is 0 Å². The van der Waals surface area contributed by atoms with Crippen LogP contribution in [-0.4, -0.2) is 41.3 Å². The molecule has 1 aliphatic heterocycles. The first-order valence-electron chi connectivity index (χ1n) is 8.30. The number of nitrogens with zero attached hydrogens (tertiary/aromatic N) is 3. The predicted octanol–water partition coefficient (Wildman–Crippen LogP) is 1.92. The van der Waals surface area contributed by atoms with Crippen LogP contribution in [-0.2, 0) is 4.79 Å². The normalized spacial score (nSPS) is 25.7. The van der Waals surface area contributed by atoms with Gasteiger partial charge in [-0.3, -0.25) is 4.79 Å². The molecule has 0 spiro atoms. The molecule has 1 aromatic heterocycles. The molecule has 0 bridgehead atoms. The van der Waals surface area contributed by atoms with Gasteiger partial charge in [0.1, 0.15) is 0 Å². The van der Waals surface area contributed by atoms with Crippen LogP contribution in [0, 0.1) is 5.92 Å². The number of anilines is 1. The first-order valence-corrected chi connectivity index (χ1v) is 8.30. The molecule has 136 valence electrons. The standard InChI is InChI=1S/C16H25N5O.2ClH/c17-14-6-1-4-12(14)10-16(22)18-11-13-5-3-9-21(13)15-7-2-8-19-20-15;;/h2,7-8,12-14H,1,3-6,9-11,17H2,(H,18,22);2*1H/t12-,13?,14+;;/m0../s1. The molecule has 1 amide bonds. The Bertz CT molecular complexity index is 505. The van der Waals surface area contributed by atoms with Crippen LogP contribution < -0.4 is 16.0 Å². The Morgan fingerprint density at radius 2 is 2.12 bits per heavy atom. The molecular formula is C16H27Cl2N5O. The van der Waals surface area contributed by atoms with E-state index in [-0.39, 0.29) is 36.8 Å². The smallest absolute Gasteiger partial charge is 0.220 e. The van der Waals surface area contributed by atoms with Crippen molar-refractivity contribution in [3.05, 3.63) is 18.3 Å². The number of carbonyl (C=O) groups is 1. The van der Waals surface area contributed by atoms with Gasteiger partial charge in [0.15, 0.2) is 5.82 Å². The van der Waals surface area contributed by atoms with Gasteiger partial charge in [-0.15, -0.1) is 29.9 Å². The first kappa shape index (κ1) is 20.9. The molecule has 24 heavy (non-hydrogen) atoms. The molecule has 3 rings (SSSR count). The summed E-state index contributed by atoms with van der Waals surface area (Å²) in [7, 11) is 0. The lowest BCUT2D eigenvalue weighted by molar-refractivity contribution is -0.122. The van der Waals surface area contributed by atoms with Crippen molar-refractivity contribution in [3.63, 3.8) is 0 Å². The van der Waals surface area contributed by atoms with Crippen molar-refractivity contribution in [2.24, 2.45) is 11.7 Å². The highest BCUT2D eigenvalue weighted by Crippen LogP contribution is 2.27. The highest BCUT2D eigenvalue weighted by Gasteiger charge is 2.28. The van der Waals surface area contributed by atoms with E-state index in [2.05, 4.69) is 20.4 Å². The molecule has 6 nitrogen and oxygen atoms in total. The zero-order valence-corrected chi connectivity index (χ0v) is 15.4. The number of carbonyl (C=O) groups excluding carboxylic acids is 1. The summed E-state index contributed by atoms with van der Waals surface area (Å²) >= 11 is 0. The summed E-state index contributed by atoms with van der Waals surface area (Å²) in [5.74, 6) is 1.39. The Labute approximate surface area is 155 Å². The lowest BCUT2D eigenvalue weighted by Crippen LogP contribution is -2.41.